The smallest absolute Gasteiger partial charge is 0.237 e. The van der Waals surface area contributed by atoms with Crippen molar-refractivity contribution in [1.82, 2.24) is 15.1 Å². The molecule has 1 aromatic heterocycles. The number of amides is 1. The van der Waals surface area contributed by atoms with Crippen molar-refractivity contribution < 1.29 is 4.79 Å². The Morgan fingerprint density at radius 2 is 2.05 bits per heavy atom. The maximum Gasteiger partial charge on any atom is 0.237 e. The van der Waals surface area contributed by atoms with Crippen molar-refractivity contribution in [3.05, 3.63) is 17.0 Å². The van der Waals surface area contributed by atoms with E-state index in [1.165, 1.54) is 11.3 Å². The van der Waals surface area contributed by atoms with Gasteiger partial charge in [0.05, 0.1) is 11.2 Å². The van der Waals surface area contributed by atoms with Gasteiger partial charge in [-0.1, -0.05) is 0 Å². The number of hydrogen-bond donors (Lipinski definition) is 2. The van der Waals surface area contributed by atoms with Gasteiger partial charge in [-0.3, -0.25) is 9.48 Å². The number of aryl methyl sites for hydroxylation is 2. The van der Waals surface area contributed by atoms with Gasteiger partial charge in [-0.15, -0.1) is 0 Å². The Kier molecular flexibility index (Phi) is 4.71. The molecule has 1 atom stereocenters. The van der Waals surface area contributed by atoms with Gasteiger partial charge in [-0.05, 0) is 65.4 Å². The van der Waals surface area contributed by atoms with E-state index in [1.807, 2.05) is 13.8 Å². The van der Waals surface area contributed by atoms with Crippen LogP contribution < -0.4 is 11.1 Å². The minimum Gasteiger partial charge on any atom is -0.368 e. The van der Waals surface area contributed by atoms with E-state index in [0.29, 0.717) is 6.04 Å². The van der Waals surface area contributed by atoms with Gasteiger partial charge in [0.1, 0.15) is 0 Å². The second kappa shape index (κ2) is 6.18. The molecular formula is C16H28N4O. The summed E-state index contributed by atoms with van der Waals surface area (Å²) in [6.07, 6.45) is 5.09. The highest BCUT2D eigenvalue weighted by molar-refractivity contribution is 5.84. The van der Waals surface area contributed by atoms with Crippen molar-refractivity contribution >= 4 is 5.91 Å². The van der Waals surface area contributed by atoms with Gasteiger partial charge in [0.2, 0.25) is 5.91 Å². The molecule has 1 aromatic rings. The lowest BCUT2D eigenvalue weighted by Crippen LogP contribution is -2.53. The highest BCUT2D eigenvalue weighted by atomic mass is 16.1. The third kappa shape index (κ3) is 3.84. The predicted molar refractivity (Wildman–Crippen MR) is 84.0 cm³/mol. The largest absolute Gasteiger partial charge is 0.368 e. The molecule has 0 spiro atoms. The fraction of sp³-hybridized carbons (Fsp3) is 0.750. The number of primary amides is 1. The summed E-state index contributed by atoms with van der Waals surface area (Å²) in [6, 6.07) is 0.487. The molecule has 5 nitrogen and oxygen atoms in total. The number of nitrogens with two attached hydrogens (primary N) is 1. The Labute approximate surface area is 127 Å². The van der Waals surface area contributed by atoms with Crippen LogP contribution in [0.2, 0.25) is 0 Å². The molecule has 1 saturated carbocycles. The molecule has 1 fully saturated rings. The molecule has 2 rings (SSSR count). The third-order valence-corrected chi connectivity index (χ3v) is 4.68. The number of nitrogens with zero attached hydrogens (tertiary/aromatic N) is 2. The lowest BCUT2D eigenvalue weighted by atomic mass is 9.93. The molecule has 21 heavy (non-hydrogen) atoms. The molecule has 1 aliphatic carbocycles. The van der Waals surface area contributed by atoms with Gasteiger partial charge in [-0.2, -0.15) is 5.10 Å². The standard InChI is InChI=1S/C16H28N4O/c1-11-12(2)19-20(13(11)3)10-6-5-9-16(4,15(17)21)18-14-7-8-14/h14,18H,5-10H2,1-4H3,(H2,17,21). The number of aromatic nitrogens is 2. The lowest BCUT2D eigenvalue weighted by molar-refractivity contribution is -0.124. The SMILES string of the molecule is Cc1nn(CCCCC(C)(NC2CC2)C(N)=O)c(C)c1C. The maximum absolute atomic E-state index is 11.7. The number of carbonyl (C=O) groups excluding carboxylic acids is 1. The molecule has 0 radical (unpaired) electrons. The van der Waals surface area contributed by atoms with E-state index >= 15 is 0 Å². The Morgan fingerprint density at radius 1 is 1.38 bits per heavy atom. The molecule has 0 bridgehead atoms. The number of carbonyl (C=O) groups is 1. The van der Waals surface area contributed by atoms with Crippen LogP contribution in [0.25, 0.3) is 0 Å². The first-order chi connectivity index (χ1) is 9.83. The second-order valence-electron chi connectivity index (χ2n) is 6.59. The first-order valence-electron chi connectivity index (χ1n) is 7.91. The zero-order chi connectivity index (χ0) is 15.6. The van der Waals surface area contributed by atoms with E-state index in [2.05, 4.69) is 28.9 Å². The molecule has 1 unspecified atom stereocenters. The summed E-state index contributed by atoms with van der Waals surface area (Å²) in [5.74, 6) is -0.239. The van der Waals surface area contributed by atoms with Crippen molar-refractivity contribution in [2.45, 2.75) is 77.9 Å². The van der Waals surface area contributed by atoms with Crippen molar-refractivity contribution in [2.75, 3.05) is 0 Å². The Bertz CT molecular complexity index is 519. The Morgan fingerprint density at radius 3 is 2.52 bits per heavy atom. The second-order valence-corrected chi connectivity index (χ2v) is 6.59. The number of rotatable bonds is 8. The lowest BCUT2D eigenvalue weighted by Gasteiger charge is -2.27. The van der Waals surface area contributed by atoms with Crippen molar-refractivity contribution in [1.29, 1.82) is 0 Å². The highest BCUT2D eigenvalue weighted by Gasteiger charge is 2.36. The Hall–Kier alpha value is -1.36. The van der Waals surface area contributed by atoms with E-state index in [0.717, 1.165) is 44.3 Å². The van der Waals surface area contributed by atoms with Crippen LogP contribution in [0, 0.1) is 20.8 Å². The van der Waals surface area contributed by atoms with Crippen molar-refractivity contribution in [3.8, 4) is 0 Å². The number of hydrogen-bond acceptors (Lipinski definition) is 3. The van der Waals surface area contributed by atoms with E-state index in [9.17, 15) is 4.79 Å². The molecule has 5 heteroatoms. The summed E-state index contributed by atoms with van der Waals surface area (Å²) < 4.78 is 2.07. The summed E-state index contributed by atoms with van der Waals surface area (Å²) in [5, 5.41) is 7.94. The van der Waals surface area contributed by atoms with Gasteiger partial charge in [-0.25, -0.2) is 0 Å². The van der Waals surface area contributed by atoms with Crippen molar-refractivity contribution in [3.63, 3.8) is 0 Å². The van der Waals surface area contributed by atoms with Gasteiger partial charge >= 0.3 is 0 Å². The average molecular weight is 292 g/mol. The highest BCUT2D eigenvalue weighted by Crippen LogP contribution is 2.25. The van der Waals surface area contributed by atoms with Gasteiger partial charge in [0.25, 0.3) is 0 Å². The predicted octanol–water partition coefficient (Wildman–Crippen LogP) is 1.97. The monoisotopic (exact) mass is 292 g/mol. The summed E-state index contributed by atoms with van der Waals surface area (Å²) in [4.78, 5) is 11.7. The quantitative estimate of drug-likeness (QED) is 0.720. The molecule has 3 N–H and O–H groups in total. The molecule has 1 heterocycles. The fourth-order valence-corrected chi connectivity index (χ4v) is 2.69. The molecule has 0 saturated heterocycles. The first kappa shape index (κ1) is 16.0. The fourth-order valence-electron chi connectivity index (χ4n) is 2.69. The maximum atomic E-state index is 11.7. The summed E-state index contributed by atoms with van der Waals surface area (Å²) >= 11 is 0. The van der Waals surface area contributed by atoms with Crippen LogP contribution in [0.4, 0.5) is 0 Å². The van der Waals surface area contributed by atoms with Crippen LogP contribution in [-0.4, -0.2) is 27.3 Å². The Balaban J connectivity index is 1.82. The summed E-state index contributed by atoms with van der Waals surface area (Å²) in [5.41, 5.74) is 8.62. The molecule has 1 aliphatic rings. The van der Waals surface area contributed by atoms with Crippen LogP contribution in [-0.2, 0) is 11.3 Å². The van der Waals surface area contributed by atoms with E-state index in [4.69, 9.17) is 5.73 Å². The topological polar surface area (TPSA) is 72.9 Å². The number of nitrogens with one attached hydrogen (secondary N) is 1. The molecule has 1 amide bonds. The minimum atomic E-state index is -0.563. The van der Waals surface area contributed by atoms with E-state index in [-0.39, 0.29) is 5.91 Å². The van der Waals surface area contributed by atoms with E-state index in [1.54, 1.807) is 0 Å². The van der Waals surface area contributed by atoms with Crippen LogP contribution in [0.15, 0.2) is 0 Å². The van der Waals surface area contributed by atoms with Crippen LogP contribution in [0.5, 0.6) is 0 Å². The van der Waals surface area contributed by atoms with Crippen LogP contribution in [0.1, 0.15) is 56.0 Å². The van der Waals surface area contributed by atoms with Crippen molar-refractivity contribution in [2.24, 2.45) is 5.73 Å². The van der Waals surface area contributed by atoms with Gasteiger partial charge in [0, 0.05) is 18.3 Å². The minimum absolute atomic E-state index is 0.239. The zero-order valence-electron chi connectivity index (χ0n) is 13.7. The molecule has 0 aromatic carbocycles. The summed E-state index contributed by atoms with van der Waals surface area (Å²) in [7, 11) is 0. The average Bonchev–Trinajstić information content (AvgIpc) is 3.19. The van der Waals surface area contributed by atoms with Crippen LogP contribution in [0.3, 0.4) is 0 Å². The normalized spacial score (nSPS) is 17.7. The molecular weight excluding hydrogens is 264 g/mol. The number of unbranched alkanes of at least 4 members (excludes halogenated alkanes) is 1. The van der Waals surface area contributed by atoms with Gasteiger partial charge < -0.3 is 11.1 Å². The molecule has 0 aliphatic heterocycles. The van der Waals surface area contributed by atoms with Crippen LogP contribution >= 0.6 is 0 Å². The zero-order valence-corrected chi connectivity index (χ0v) is 13.7. The van der Waals surface area contributed by atoms with E-state index < -0.39 is 5.54 Å². The van der Waals surface area contributed by atoms with Gasteiger partial charge in [0.15, 0.2) is 0 Å². The first-order valence-corrected chi connectivity index (χ1v) is 7.91. The summed E-state index contributed by atoms with van der Waals surface area (Å²) in [6.45, 7) is 9.10. The third-order valence-electron chi connectivity index (χ3n) is 4.68. The molecule has 118 valence electrons.